The summed E-state index contributed by atoms with van der Waals surface area (Å²) in [7, 11) is 0. The first-order chi connectivity index (χ1) is 8.75. The van der Waals surface area contributed by atoms with Crippen molar-refractivity contribution in [2.75, 3.05) is 0 Å². The standard InChI is InChI=1S/C16H26N2O/c1-6-13(12-9-7-11(2)8-10-12)18-15(19)14(17)16(3,4)5/h7-10,13-14H,6,17H2,1-5H3,(H,18,19). The van der Waals surface area contributed by atoms with E-state index in [0.29, 0.717) is 0 Å². The zero-order chi connectivity index (χ0) is 14.6. The molecule has 1 aromatic rings. The maximum absolute atomic E-state index is 12.2. The van der Waals surface area contributed by atoms with Gasteiger partial charge in [-0.25, -0.2) is 0 Å². The molecular weight excluding hydrogens is 236 g/mol. The molecule has 0 fully saturated rings. The van der Waals surface area contributed by atoms with E-state index in [0.717, 1.165) is 12.0 Å². The summed E-state index contributed by atoms with van der Waals surface area (Å²) in [6, 6.07) is 7.79. The van der Waals surface area contributed by atoms with E-state index in [2.05, 4.69) is 43.4 Å². The molecule has 0 saturated heterocycles. The summed E-state index contributed by atoms with van der Waals surface area (Å²) in [4.78, 5) is 12.2. The lowest BCUT2D eigenvalue weighted by atomic mass is 9.86. The summed E-state index contributed by atoms with van der Waals surface area (Å²) in [6.07, 6.45) is 0.853. The van der Waals surface area contributed by atoms with Crippen LogP contribution in [0.5, 0.6) is 0 Å². The number of amides is 1. The van der Waals surface area contributed by atoms with Crippen molar-refractivity contribution in [3.05, 3.63) is 35.4 Å². The van der Waals surface area contributed by atoms with Crippen molar-refractivity contribution in [2.24, 2.45) is 11.1 Å². The van der Waals surface area contributed by atoms with Gasteiger partial charge in [-0.15, -0.1) is 0 Å². The summed E-state index contributed by atoms with van der Waals surface area (Å²) in [5, 5.41) is 3.04. The predicted octanol–water partition coefficient (Wildman–Crippen LogP) is 2.94. The fourth-order valence-electron chi connectivity index (χ4n) is 1.87. The zero-order valence-electron chi connectivity index (χ0n) is 12.7. The zero-order valence-corrected chi connectivity index (χ0v) is 12.7. The summed E-state index contributed by atoms with van der Waals surface area (Å²) in [5.41, 5.74) is 8.11. The Bertz CT molecular complexity index is 417. The molecule has 0 aliphatic rings. The Hall–Kier alpha value is -1.35. The molecule has 0 saturated carbocycles. The first-order valence-electron chi connectivity index (χ1n) is 6.88. The van der Waals surface area contributed by atoms with E-state index in [4.69, 9.17) is 5.73 Å². The smallest absolute Gasteiger partial charge is 0.237 e. The van der Waals surface area contributed by atoms with Crippen LogP contribution in [0.25, 0.3) is 0 Å². The fourth-order valence-corrected chi connectivity index (χ4v) is 1.87. The normalized spacial score (nSPS) is 14.8. The van der Waals surface area contributed by atoms with Gasteiger partial charge in [-0.1, -0.05) is 57.5 Å². The maximum atomic E-state index is 12.2. The van der Waals surface area contributed by atoms with Gasteiger partial charge in [0, 0.05) is 0 Å². The molecule has 0 radical (unpaired) electrons. The van der Waals surface area contributed by atoms with Gasteiger partial charge in [0.15, 0.2) is 0 Å². The summed E-state index contributed by atoms with van der Waals surface area (Å²) in [5.74, 6) is -0.0834. The van der Waals surface area contributed by atoms with E-state index in [9.17, 15) is 4.79 Å². The van der Waals surface area contributed by atoms with Gasteiger partial charge in [-0.05, 0) is 24.3 Å². The quantitative estimate of drug-likeness (QED) is 0.876. The number of nitrogens with two attached hydrogens (primary N) is 1. The molecule has 0 aromatic heterocycles. The largest absolute Gasteiger partial charge is 0.348 e. The molecule has 106 valence electrons. The Balaban J connectivity index is 2.78. The van der Waals surface area contributed by atoms with Crippen molar-refractivity contribution < 1.29 is 4.79 Å². The number of benzene rings is 1. The highest BCUT2D eigenvalue weighted by Gasteiger charge is 2.28. The predicted molar refractivity (Wildman–Crippen MR) is 79.8 cm³/mol. The third-order valence-electron chi connectivity index (χ3n) is 3.42. The van der Waals surface area contributed by atoms with E-state index in [1.807, 2.05) is 20.8 Å². The number of hydrogen-bond donors (Lipinski definition) is 2. The van der Waals surface area contributed by atoms with Crippen LogP contribution in [0.3, 0.4) is 0 Å². The van der Waals surface area contributed by atoms with E-state index in [1.54, 1.807) is 0 Å². The average molecular weight is 262 g/mol. The fraction of sp³-hybridized carbons (Fsp3) is 0.562. The Labute approximate surface area is 116 Å². The van der Waals surface area contributed by atoms with Gasteiger partial charge in [-0.3, -0.25) is 4.79 Å². The molecule has 2 atom stereocenters. The Morgan fingerprint density at radius 3 is 2.21 bits per heavy atom. The van der Waals surface area contributed by atoms with E-state index in [-0.39, 0.29) is 17.4 Å². The van der Waals surface area contributed by atoms with E-state index in [1.165, 1.54) is 5.56 Å². The van der Waals surface area contributed by atoms with Crippen molar-refractivity contribution in [3.63, 3.8) is 0 Å². The highest BCUT2D eigenvalue weighted by molar-refractivity contribution is 5.82. The molecule has 3 N–H and O–H groups in total. The molecule has 3 nitrogen and oxygen atoms in total. The number of carbonyl (C=O) groups excluding carboxylic acids is 1. The van der Waals surface area contributed by atoms with Crippen molar-refractivity contribution in [1.29, 1.82) is 0 Å². The second-order valence-electron chi connectivity index (χ2n) is 6.22. The number of hydrogen-bond acceptors (Lipinski definition) is 2. The highest BCUT2D eigenvalue weighted by Crippen LogP contribution is 2.21. The van der Waals surface area contributed by atoms with Crippen LogP contribution in [0.4, 0.5) is 0 Å². The average Bonchev–Trinajstić information content (AvgIpc) is 2.34. The van der Waals surface area contributed by atoms with Crippen LogP contribution in [-0.2, 0) is 4.79 Å². The lowest BCUT2D eigenvalue weighted by molar-refractivity contribution is -0.125. The minimum absolute atomic E-state index is 0.0292. The monoisotopic (exact) mass is 262 g/mol. The topological polar surface area (TPSA) is 55.1 Å². The Kier molecular flexibility index (Phi) is 5.12. The molecule has 0 aliphatic carbocycles. The van der Waals surface area contributed by atoms with Gasteiger partial charge in [0.2, 0.25) is 5.91 Å². The molecular formula is C16H26N2O. The SMILES string of the molecule is CCC(NC(=O)C(N)C(C)(C)C)c1ccc(C)cc1. The van der Waals surface area contributed by atoms with Crippen LogP contribution in [-0.4, -0.2) is 11.9 Å². The van der Waals surface area contributed by atoms with Gasteiger partial charge < -0.3 is 11.1 Å². The molecule has 1 aromatic carbocycles. The third kappa shape index (κ3) is 4.35. The molecule has 0 heterocycles. The summed E-state index contributed by atoms with van der Waals surface area (Å²) in [6.45, 7) is 10.0. The second kappa shape index (κ2) is 6.20. The number of aryl methyl sites for hydroxylation is 1. The van der Waals surface area contributed by atoms with E-state index >= 15 is 0 Å². The minimum Gasteiger partial charge on any atom is -0.348 e. The lowest BCUT2D eigenvalue weighted by Gasteiger charge is -2.28. The highest BCUT2D eigenvalue weighted by atomic mass is 16.2. The molecule has 0 bridgehead atoms. The van der Waals surface area contributed by atoms with Crippen molar-refractivity contribution in [1.82, 2.24) is 5.32 Å². The second-order valence-corrected chi connectivity index (χ2v) is 6.22. The number of rotatable bonds is 4. The van der Waals surface area contributed by atoms with Gasteiger partial charge in [0.25, 0.3) is 0 Å². The first-order valence-corrected chi connectivity index (χ1v) is 6.88. The van der Waals surface area contributed by atoms with Crippen LogP contribution >= 0.6 is 0 Å². The lowest BCUT2D eigenvalue weighted by Crippen LogP contribution is -2.49. The van der Waals surface area contributed by atoms with E-state index < -0.39 is 6.04 Å². The first kappa shape index (κ1) is 15.7. The molecule has 2 unspecified atom stereocenters. The molecule has 0 spiro atoms. The van der Waals surface area contributed by atoms with Crippen LogP contribution in [0.1, 0.15) is 51.3 Å². The Morgan fingerprint density at radius 1 is 1.26 bits per heavy atom. The van der Waals surface area contributed by atoms with Crippen LogP contribution in [0.15, 0.2) is 24.3 Å². The van der Waals surface area contributed by atoms with Gasteiger partial charge >= 0.3 is 0 Å². The van der Waals surface area contributed by atoms with Gasteiger partial charge in [0.05, 0.1) is 12.1 Å². The Morgan fingerprint density at radius 2 is 1.79 bits per heavy atom. The summed E-state index contributed by atoms with van der Waals surface area (Å²) < 4.78 is 0. The molecule has 19 heavy (non-hydrogen) atoms. The molecule has 0 aliphatic heterocycles. The van der Waals surface area contributed by atoms with Gasteiger partial charge in [0.1, 0.15) is 0 Å². The van der Waals surface area contributed by atoms with Crippen molar-refractivity contribution in [2.45, 2.75) is 53.1 Å². The van der Waals surface area contributed by atoms with Gasteiger partial charge in [-0.2, -0.15) is 0 Å². The van der Waals surface area contributed by atoms with Crippen LogP contribution < -0.4 is 11.1 Å². The van der Waals surface area contributed by atoms with Crippen molar-refractivity contribution in [3.8, 4) is 0 Å². The van der Waals surface area contributed by atoms with Crippen molar-refractivity contribution >= 4 is 5.91 Å². The minimum atomic E-state index is -0.494. The number of nitrogens with one attached hydrogen (secondary N) is 1. The summed E-state index contributed by atoms with van der Waals surface area (Å²) >= 11 is 0. The number of carbonyl (C=O) groups is 1. The maximum Gasteiger partial charge on any atom is 0.237 e. The van der Waals surface area contributed by atoms with Crippen LogP contribution in [0.2, 0.25) is 0 Å². The third-order valence-corrected chi connectivity index (χ3v) is 3.42. The molecule has 1 amide bonds. The molecule has 3 heteroatoms. The molecule has 1 rings (SSSR count). The van der Waals surface area contributed by atoms with Crippen LogP contribution in [0, 0.1) is 12.3 Å².